The van der Waals surface area contributed by atoms with Crippen molar-refractivity contribution in [2.45, 2.75) is 61.9 Å². The largest absolute Gasteiger partial charge is 0.497 e. The number of benzene rings is 6. The number of imidazole rings is 1. The van der Waals surface area contributed by atoms with E-state index >= 15 is 0 Å². The van der Waals surface area contributed by atoms with Crippen molar-refractivity contribution in [2.75, 3.05) is 26.1 Å². The quantitative estimate of drug-likeness (QED) is 0.0764. The van der Waals surface area contributed by atoms with Gasteiger partial charge in [-0.3, -0.25) is 4.57 Å². The first-order chi connectivity index (χ1) is 31.9. The summed E-state index contributed by atoms with van der Waals surface area (Å²) in [5.74, 6) is 2.01. The van der Waals surface area contributed by atoms with Crippen molar-refractivity contribution in [2.24, 2.45) is 0 Å². The lowest BCUT2D eigenvalue weighted by molar-refractivity contribution is -0.0932. The highest BCUT2D eigenvalue weighted by Crippen LogP contribution is 2.44. The fourth-order valence-corrected chi connectivity index (χ4v) is 9.12. The first-order valence-electron chi connectivity index (χ1n) is 22.1. The van der Waals surface area contributed by atoms with Crippen LogP contribution in [-0.2, 0) is 20.6 Å². The van der Waals surface area contributed by atoms with Gasteiger partial charge in [-0.25, -0.2) is 15.0 Å². The van der Waals surface area contributed by atoms with Crippen LogP contribution in [-0.4, -0.2) is 69.7 Å². The van der Waals surface area contributed by atoms with E-state index in [4.69, 9.17) is 33.9 Å². The number of anilines is 1. The smallest absolute Gasteiger partial charge is 0.167 e. The van der Waals surface area contributed by atoms with E-state index in [-0.39, 0.29) is 12.6 Å². The topological polar surface area (TPSA) is 125 Å². The Morgan fingerprint density at radius 2 is 1.12 bits per heavy atom. The fraction of sp³-hybridized carbons (Fsp3) is 0.241. The average Bonchev–Trinajstić information content (AvgIpc) is 3.95. The molecule has 0 spiro atoms. The van der Waals surface area contributed by atoms with Crippen molar-refractivity contribution in [3.63, 3.8) is 0 Å². The second-order valence-corrected chi connectivity index (χ2v) is 16.4. The van der Waals surface area contributed by atoms with Crippen LogP contribution >= 0.6 is 0 Å². The van der Waals surface area contributed by atoms with Crippen molar-refractivity contribution in [3.05, 3.63) is 216 Å². The van der Waals surface area contributed by atoms with Crippen molar-refractivity contribution in [3.8, 4) is 11.5 Å². The number of hydrogen-bond donors (Lipinski definition) is 3. The van der Waals surface area contributed by atoms with E-state index in [1.807, 2.05) is 114 Å². The molecule has 3 N–H and O–H groups in total. The summed E-state index contributed by atoms with van der Waals surface area (Å²) in [5.41, 5.74) is 4.88. The fourth-order valence-electron chi connectivity index (χ4n) is 9.12. The molecule has 1 aliphatic rings. The van der Waals surface area contributed by atoms with E-state index in [0.717, 1.165) is 51.3 Å². The zero-order valence-electron chi connectivity index (χ0n) is 37.0. The number of methoxy groups -OCH3 is 2. The molecule has 0 aliphatic carbocycles. The summed E-state index contributed by atoms with van der Waals surface area (Å²) >= 11 is 0. The maximum Gasteiger partial charge on any atom is 0.167 e. The molecule has 330 valence electrons. The molecule has 1 unspecified atom stereocenters. The molecule has 1 aliphatic heterocycles. The summed E-state index contributed by atoms with van der Waals surface area (Å²) in [7, 11) is 3.32. The van der Waals surface area contributed by atoms with Gasteiger partial charge in [0.05, 0.1) is 33.2 Å². The maximum absolute atomic E-state index is 12.4. The number of aliphatic hydroxyl groups excluding tert-OH is 1. The monoisotopic (exact) mass is 866 g/mol. The summed E-state index contributed by atoms with van der Waals surface area (Å²) in [6, 6.07) is 56.5. The van der Waals surface area contributed by atoms with Gasteiger partial charge in [-0.15, -0.1) is 0 Å². The third-order valence-electron chi connectivity index (χ3n) is 12.7. The summed E-state index contributed by atoms with van der Waals surface area (Å²) in [5, 5.41) is 19.9. The van der Waals surface area contributed by atoms with Gasteiger partial charge in [0.25, 0.3) is 0 Å². The third kappa shape index (κ3) is 8.24. The molecule has 9 rings (SSSR count). The first-order valence-corrected chi connectivity index (χ1v) is 22.1. The summed E-state index contributed by atoms with van der Waals surface area (Å²) in [4.78, 5) is 14.7. The van der Waals surface area contributed by atoms with Crippen LogP contribution in [0.4, 0.5) is 5.82 Å². The van der Waals surface area contributed by atoms with Gasteiger partial charge in [0.15, 0.2) is 23.2 Å². The minimum absolute atomic E-state index is 0.0547. The second-order valence-electron chi connectivity index (χ2n) is 16.4. The van der Waals surface area contributed by atoms with Crippen LogP contribution in [0.15, 0.2) is 183 Å². The van der Waals surface area contributed by atoms with Gasteiger partial charge < -0.3 is 34.7 Å². The molecule has 11 nitrogen and oxygen atoms in total. The number of hydrogen-bond acceptors (Lipinski definition) is 10. The van der Waals surface area contributed by atoms with Crippen LogP contribution in [0, 0.1) is 0 Å². The molecule has 0 amide bonds. The average molecular weight is 867 g/mol. The third-order valence-corrected chi connectivity index (χ3v) is 12.7. The van der Waals surface area contributed by atoms with Gasteiger partial charge in [0.1, 0.15) is 41.2 Å². The molecule has 8 aromatic rings. The van der Waals surface area contributed by atoms with Gasteiger partial charge in [-0.05, 0) is 71.0 Å². The van der Waals surface area contributed by atoms with E-state index in [2.05, 4.69) is 85.1 Å². The van der Waals surface area contributed by atoms with Crippen molar-refractivity contribution >= 4 is 17.0 Å². The van der Waals surface area contributed by atoms with E-state index in [1.54, 1.807) is 26.9 Å². The van der Waals surface area contributed by atoms with Gasteiger partial charge in [0, 0.05) is 6.04 Å². The summed E-state index contributed by atoms with van der Waals surface area (Å²) in [6.45, 7) is 4.28. The lowest BCUT2D eigenvalue weighted by Gasteiger charge is -2.37. The van der Waals surface area contributed by atoms with Crippen LogP contribution in [0.25, 0.3) is 11.2 Å². The maximum atomic E-state index is 12.4. The van der Waals surface area contributed by atoms with Gasteiger partial charge >= 0.3 is 0 Å². The van der Waals surface area contributed by atoms with Crippen LogP contribution in [0.5, 0.6) is 11.5 Å². The number of fused-ring (bicyclic) bond motifs is 1. The van der Waals surface area contributed by atoms with Crippen LogP contribution in [0.3, 0.4) is 0 Å². The SMILES string of the molecule is CCC(C)N[C@@H]1[C@@H](O)[C@@H](COC(c2ccccc2)(c2ccccc2)c2ccc(OC)cc2)O[C@H]1n1cnc2c(NC(c3ccccc3)(c3ccccc3)c3ccc(OC)cc3)ncnc21. The highest BCUT2D eigenvalue weighted by molar-refractivity contribution is 5.84. The lowest BCUT2D eigenvalue weighted by atomic mass is 9.77. The Balaban J connectivity index is 1.11. The Morgan fingerprint density at radius 3 is 1.63 bits per heavy atom. The molecular formula is C54H54N6O5. The van der Waals surface area contributed by atoms with Crippen LogP contribution in [0.1, 0.15) is 59.9 Å². The molecule has 0 bridgehead atoms. The van der Waals surface area contributed by atoms with Gasteiger partial charge in [0.2, 0.25) is 0 Å². The molecule has 5 atom stereocenters. The summed E-state index contributed by atoms with van der Waals surface area (Å²) in [6.07, 6.45) is 1.69. The minimum Gasteiger partial charge on any atom is -0.497 e. The molecule has 1 saturated heterocycles. The molecule has 65 heavy (non-hydrogen) atoms. The van der Waals surface area contributed by atoms with E-state index < -0.39 is 35.6 Å². The predicted molar refractivity (Wildman–Crippen MR) is 253 cm³/mol. The summed E-state index contributed by atoms with van der Waals surface area (Å²) < 4.78 is 27.2. The molecule has 1 fully saturated rings. The van der Waals surface area contributed by atoms with Crippen molar-refractivity contribution in [1.29, 1.82) is 0 Å². The van der Waals surface area contributed by atoms with Gasteiger partial charge in [-0.1, -0.05) is 153 Å². The zero-order valence-corrected chi connectivity index (χ0v) is 37.0. The Morgan fingerprint density at radius 1 is 0.646 bits per heavy atom. The molecule has 0 saturated carbocycles. The molecular weight excluding hydrogens is 813 g/mol. The van der Waals surface area contributed by atoms with E-state index in [1.165, 1.54) is 0 Å². The molecule has 11 heteroatoms. The first kappa shape index (κ1) is 43.4. The molecule has 6 aromatic carbocycles. The second kappa shape index (κ2) is 19.1. The number of aromatic nitrogens is 4. The highest BCUT2D eigenvalue weighted by Gasteiger charge is 2.48. The Hall–Kier alpha value is -6.89. The lowest BCUT2D eigenvalue weighted by Crippen LogP contribution is -2.48. The molecule has 2 aromatic heterocycles. The predicted octanol–water partition coefficient (Wildman–Crippen LogP) is 9.27. The standard InChI is InChI=1S/C54H54N6O5/c1-5-37(2)58-47-49(61)46(34-64-54(41-22-14-8-15-23-41,42-24-16-9-17-25-42)43-28-32-45(63-4)33-29-43)65-52(47)60-36-57-48-50(55-35-56-51(48)60)59-53(38-18-10-6-11-19-38,39-20-12-7-13-21-39)40-26-30-44(62-3)31-27-40/h6-33,35-37,46-47,49,52,58,61H,5,34H2,1-4H3,(H,55,56,59)/t37?,46-,47-,49+,52-/m1/s1. The molecule has 0 radical (unpaired) electrons. The number of nitrogens with zero attached hydrogens (tertiary/aromatic N) is 4. The normalized spacial score (nSPS) is 18.0. The molecule has 3 heterocycles. The van der Waals surface area contributed by atoms with E-state index in [9.17, 15) is 5.11 Å². The minimum atomic E-state index is -1.06. The number of rotatable bonds is 17. The van der Waals surface area contributed by atoms with Crippen molar-refractivity contribution in [1.82, 2.24) is 24.8 Å². The Bertz CT molecular complexity index is 2680. The zero-order chi connectivity index (χ0) is 44.8. The van der Waals surface area contributed by atoms with Crippen LogP contribution in [0.2, 0.25) is 0 Å². The Labute approximate surface area is 380 Å². The van der Waals surface area contributed by atoms with Crippen molar-refractivity contribution < 1.29 is 24.1 Å². The number of nitrogens with one attached hydrogen (secondary N) is 2. The van der Waals surface area contributed by atoms with E-state index in [0.29, 0.717) is 17.0 Å². The van der Waals surface area contributed by atoms with Crippen LogP contribution < -0.4 is 20.1 Å². The Kier molecular flexibility index (Phi) is 12.7. The van der Waals surface area contributed by atoms with Gasteiger partial charge in [-0.2, -0.15) is 0 Å². The highest BCUT2D eigenvalue weighted by atomic mass is 16.6. The number of aliphatic hydroxyl groups is 1. The number of ether oxygens (including phenoxy) is 4.